The number of hydrogen-bond donors (Lipinski definition) is 3. The van der Waals surface area contributed by atoms with Gasteiger partial charge in [0.15, 0.2) is 0 Å². The minimum Gasteiger partial charge on any atom is -0.396 e. The number of aromatic nitrogens is 1. The molecule has 0 aromatic carbocycles. The van der Waals surface area contributed by atoms with Gasteiger partial charge in [-0.05, 0) is 19.0 Å². The number of halogens is 3. The van der Waals surface area contributed by atoms with E-state index in [1.807, 2.05) is 0 Å². The van der Waals surface area contributed by atoms with Crippen LogP contribution < -0.4 is 10.6 Å². The van der Waals surface area contributed by atoms with Gasteiger partial charge in [0.25, 0.3) is 0 Å². The summed E-state index contributed by atoms with van der Waals surface area (Å²) in [6, 6.07) is -0.727. The second-order valence-corrected chi connectivity index (χ2v) is 6.17. The Morgan fingerprint density at radius 3 is 2.52 bits per heavy atom. The molecule has 1 amide bonds. The Labute approximate surface area is 133 Å². The third-order valence-corrected chi connectivity index (χ3v) is 3.11. The van der Waals surface area contributed by atoms with Crippen LogP contribution in [0.3, 0.4) is 0 Å². The molecule has 0 radical (unpaired) electrons. The van der Waals surface area contributed by atoms with Gasteiger partial charge in [-0.1, -0.05) is 20.8 Å². The number of pyridine rings is 1. The highest BCUT2D eigenvalue weighted by Gasteiger charge is 2.41. The van der Waals surface area contributed by atoms with E-state index in [1.54, 1.807) is 20.8 Å². The van der Waals surface area contributed by atoms with E-state index in [1.165, 1.54) is 18.5 Å². The van der Waals surface area contributed by atoms with Crippen molar-refractivity contribution in [1.82, 2.24) is 10.3 Å². The number of anilines is 1. The molecule has 1 atom stereocenters. The summed E-state index contributed by atoms with van der Waals surface area (Å²) < 4.78 is 40.0. The molecule has 0 saturated carbocycles. The molecule has 1 aromatic heterocycles. The summed E-state index contributed by atoms with van der Waals surface area (Å²) in [7, 11) is 0. The van der Waals surface area contributed by atoms with Crippen molar-refractivity contribution in [2.75, 3.05) is 18.5 Å². The number of hydrogen-bond acceptors (Lipinski definition) is 4. The molecular formula is C15H22F3N3O2. The first-order valence-corrected chi connectivity index (χ1v) is 7.23. The molecule has 0 aliphatic rings. The maximum atomic E-state index is 13.3. The summed E-state index contributed by atoms with van der Waals surface area (Å²) in [5.41, 5.74) is -0.834. The molecule has 23 heavy (non-hydrogen) atoms. The summed E-state index contributed by atoms with van der Waals surface area (Å²) >= 11 is 0. The van der Waals surface area contributed by atoms with Crippen LogP contribution in [0, 0.1) is 5.41 Å². The average Bonchev–Trinajstić information content (AvgIpc) is 2.42. The van der Waals surface area contributed by atoms with Crippen molar-refractivity contribution < 1.29 is 23.1 Å². The molecule has 0 aliphatic heterocycles. The van der Waals surface area contributed by atoms with E-state index in [2.05, 4.69) is 15.6 Å². The summed E-state index contributed by atoms with van der Waals surface area (Å²) in [4.78, 5) is 15.8. The minimum absolute atomic E-state index is 0.00431. The van der Waals surface area contributed by atoms with Crippen molar-refractivity contribution >= 4 is 11.6 Å². The fourth-order valence-electron chi connectivity index (χ4n) is 1.80. The van der Waals surface area contributed by atoms with E-state index in [0.29, 0.717) is 0 Å². The second-order valence-electron chi connectivity index (χ2n) is 6.17. The Bertz CT molecular complexity index is 527. The molecule has 1 heterocycles. The maximum absolute atomic E-state index is 13.3. The molecule has 0 unspecified atom stereocenters. The quantitative estimate of drug-likeness (QED) is 0.700. The Kier molecular flexibility index (Phi) is 6.52. The third kappa shape index (κ3) is 5.80. The van der Waals surface area contributed by atoms with Crippen molar-refractivity contribution in [3.8, 4) is 0 Å². The molecule has 0 spiro atoms. The van der Waals surface area contributed by atoms with Crippen molar-refractivity contribution in [2.45, 2.75) is 39.4 Å². The van der Waals surface area contributed by atoms with E-state index >= 15 is 0 Å². The average molecular weight is 333 g/mol. The first-order valence-electron chi connectivity index (χ1n) is 7.23. The van der Waals surface area contributed by atoms with Crippen LogP contribution in [-0.4, -0.2) is 35.3 Å². The third-order valence-electron chi connectivity index (χ3n) is 3.11. The van der Waals surface area contributed by atoms with Crippen LogP contribution in [0.15, 0.2) is 18.5 Å². The zero-order chi connectivity index (χ0) is 17.7. The number of carbonyl (C=O) groups excluding carboxylic acids is 1. The lowest BCUT2D eigenvalue weighted by atomic mass is 9.95. The SMILES string of the molecule is CC(C)(C)C(=O)Nc1cnccc1[C@@H](NCCCO)C(F)(F)F. The molecule has 0 bridgehead atoms. The van der Waals surface area contributed by atoms with Gasteiger partial charge in [0.2, 0.25) is 5.91 Å². The predicted octanol–water partition coefficient (Wildman–Crippen LogP) is 2.64. The first-order chi connectivity index (χ1) is 10.6. The van der Waals surface area contributed by atoms with Gasteiger partial charge in [0.1, 0.15) is 6.04 Å². The normalized spacial score (nSPS) is 13.7. The zero-order valence-corrected chi connectivity index (χ0v) is 13.4. The van der Waals surface area contributed by atoms with Gasteiger partial charge in [-0.25, -0.2) is 0 Å². The molecule has 0 aliphatic carbocycles. The highest BCUT2D eigenvalue weighted by molar-refractivity contribution is 5.95. The smallest absolute Gasteiger partial charge is 0.396 e. The topological polar surface area (TPSA) is 74.2 Å². The molecule has 8 heteroatoms. The highest BCUT2D eigenvalue weighted by Crippen LogP contribution is 2.36. The standard InChI is InChI=1S/C15H22F3N3O2/c1-14(2,3)13(23)21-11-9-19-7-5-10(11)12(15(16,17)18)20-6-4-8-22/h5,7,9,12,20,22H,4,6,8H2,1-3H3,(H,21,23)/t12-/m1/s1. The van der Waals surface area contributed by atoms with Gasteiger partial charge in [-0.3, -0.25) is 9.78 Å². The van der Waals surface area contributed by atoms with Crippen molar-refractivity contribution in [1.29, 1.82) is 0 Å². The van der Waals surface area contributed by atoms with E-state index in [0.717, 1.165) is 0 Å². The Hall–Kier alpha value is -1.67. The number of aliphatic hydroxyl groups is 1. The van der Waals surface area contributed by atoms with Crippen molar-refractivity contribution in [2.24, 2.45) is 5.41 Å². The van der Waals surface area contributed by atoms with Crippen LogP contribution in [0.25, 0.3) is 0 Å². The lowest BCUT2D eigenvalue weighted by Gasteiger charge is -2.25. The van der Waals surface area contributed by atoms with Crippen LogP contribution in [0.4, 0.5) is 18.9 Å². The predicted molar refractivity (Wildman–Crippen MR) is 80.8 cm³/mol. The molecule has 0 fully saturated rings. The molecule has 1 aromatic rings. The summed E-state index contributed by atoms with van der Waals surface area (Å²) in [6.07, 6.45) is -1.90. The van der Waals surface area contributed by atoms with Crippen LogP contribution >= 0.6 is 0 Å². The van der Waals surface area contributed by atoms with E-state index in [9.17, 15) is 18.0 Å². The highest BCUT2D eigenvalue weighted by atomic mass is 19.4. The number of amides is 1. The Balaban J connectivity index is 3.10. The number of aliphatic hydroxyl groups excluding tert-OH is 1. The van der Waals surface area contributed by atoms with Crippen LogP contribution in [0.2, 0.25) is 0 Å². The second kappa shape index (κ2) is 7.74. The van der Waals surface area contributed by atoms with E-state index < -0.39 is 23.5 Å². The van der Waals surface area contributed by atoms with E-state index in [-0.39, 0.29) is 30.8 Å². The molecule has 3 N–H and O–H groups in total. The van der Waals surface area contributed by atoms with Gasteiger partial charge in [-0.15, -0.1) is 0 Å². The van der Waals surface area contributed by atoms with Gasteiger partial charge in [0, 0.05) is 23.8 Å². The lowest BCUT2D eigenvalue weighted by molar-refractivity contribution is -0.157. The van der Waals surface area contributed by atoms with Crippen molar-refractivity contribution in [3.05, 3.63) is 24.0 Å². The number of nitrogens with zero attached hydrogens (tertiary/aromatic N) is 1. The zero-order valence-electron chi connectivity index (χ0n) is 13.4. The van der Waals surface area contributed by atoms with Crippen LogP contribution in [-0.2, 0) is 4.79 Å². The number of nitrogens with one attached hydrogen (secondary N) is 2. The number of carbonyl (C=O) groups is 1. The number of rotatable bonds is 6. The molecule has 1 rings (SSSR count). The minimum atomic E-state index is -4.54. The monoisotopic (exact) mass is 333 g/mol. The maximum Gasteiger partial charge on any atom is 0.407 e. The summed E-state index contributed by atoms with van der Waals surface area (Å²) in [6.45, 7) is 4.79. The molecule has 0 saturated heterocycles. The fraction of sp³-hybridized carbons (Fsp3) is 0.600. The van der Waals surface area contributed by atoms with Crippen molar-refractivity contribution in [3.63, 3.8) is 0 Å². The van der Waals surface area contributed by atoms with Crippen LogP contribution in [0.1, 0.15) is 38.8 Å². The van der Waals surface area contributed by atoms with Gasteiger partial charge in [0.05, 0.1) is 11.9 Å². The molecule has 130 valence electrons. The fourth-order valence-corrected chi connectivity index (χ4v) is 1.80. The lowest BCUT2D eigenvalue weighted by Crippen LogP contribution is -2.36. The van der Waals surface area contributed by atoms with Gasteiger partial charge >= 0.3 is 6.18 Å². The van der Waals surface area contributed by atoms with E-state index in [4.69, 9.17) is 5.11 Å². The largest absolute Gasteiger partial charge is 0.407 e. The summed E-state index contributed by atoms with van der Waals surface area (Å²) in [5.74, 6) is -0.400. The Morgan fingerprint density at radius 2 is 2.00 bits per heavy atom. The number of alkyl halides is 3. The summed E-state index contributed by atoms with van der Waals surface area (Å²) in [5, 5.41) is 13.6. The molecule has 5 nitrogen and oxygen atoms in total. The Morgan fingerprint density at radius 1 is 1.35 bits per heavy atom. The van der Waals surface area contributed by atoms with Gasteiger partial charge in [-0.2, -0.15) is 13.2 Å². The van der Waals surface area contributed by atoms with Crippen LogP contribution in [0.5, 0.6) is 0 Å². The molecular weight excluding hydrogens is 311 g/mol. The first kappa shape index (κ1) is 19.4. The van der Waals surface area contributed by atoms with Gasteiger partial charge < -0.3 is 15.7 Å².